The van der Waals surface area contributed by atoms with Gasteiger partial charge in [0.25, 0.3) is 0 Å². The van der Waals surface area contributed by atoms with E-state index in [-0.39, 0.29) is 17.6 Å². The molecule has 0 unspecified atom stereocenters. The Kier molecular flexibility index (Phi) is 5.96. The van der Waals surface area contributed by atoms with E-state index < -0.39 is 0 Å². The number of hydrogen-bond donors (Lipinski definition) is 1. The predicted octanol–water partition coefficient (Wildman–Crippen LogP) is 5.04. The summed E-state index contributed by atoms with van der Waals surface area (Å²) in [6, 6.07) is 8.81. The molecule has 0 radical (unpaired) electrons. The summed E-state index contributed by atoms with van der Waals surface area (Å²) >= 11 is 0. The molecule has 4 nitrogen and oxygen atoms in total. The van der Waals surface area contributed by atoms with Gasteiger partial charge in [-0.15, -0.1) is 0 Å². The zero-order valence-corrected chi connectivity index (χ0v) is 17.6. The van der Waals surface area contributed by atoms with Gasteiger partial charge in [-0.1, -0.05) is 56.9 Å². The quantitative estimate of drug-likeness (QED) is 0.773. The van der Waals surface area contributed by atoms with Gasteiger partial charge in [-0.3, -0.25) is 0 Å². The fraction of sp³-hybridized carbons (Fsp3) is 0.708. The number of alkyl carbamates (subject to hydrolysis) is 1. The fourth-order valence-corrected chi connectivity index (χ4v) is 6.06. The molecule has 0 bridgehead atoms. The number of carbonyl (C=O) groups excluding carboxylic acids is 1. The van der Waals surface area contributed by atoms with Crippen LogP contribution in [-0.4, -0.2) is 37.2 Å². The van der Waals surface area contributed by atoms with Crippen LogP contribution in [0.3, 0.4) is 0 Å². The van der Waals surface area contributed by atoms with Crippen LogP contribution >= 0.6 is 0 Å². The van der Waals surface area contributed by atoms with Crippen molar-refractivity contribution in [3.8, 4) is 0 Å². The summed E-state index contributed by atoms with van der Waals surface area (Å²) in [5.41, 5.74) is 2.97. The summed E-state index contributed by atoms with van der Waals surface area (Å²) < 4.78 is 5.15. The Morgan fingerprint density at radius 1 is 1.25 bits per heavy atom. The van der Waals surface area contributed by atoms with Crippen molar-refractivity contribution in [2.45, 2.75) is 70.3 Å². The number of hydrogen-bond acceptors (Lipinski definition) is 3. The maximum atomic E-state index is 12.0. The lowest BCUT2D eigenvalue weighted by Gasteiger charge is -2.41. The Labute approximate surface area is 170 Å². The molecule has 1 N–H and O–H groups in total. The molecule has 3 aliphatic rings. The number of rotatable bonds is 5. The second-order valence-electron chi connectivity index (χ2n) is 9.31. The molecular formula is C24H36N2O2. The van der Waals surface area contributed by atoms with Crippen LogP contribution in [0.15, 0.2) is 24.3 Å². The number of piperidine rings is 1. The first-order valence-electron chi connectivity index (χ1n) is 11.4. The Morgan fingerprint density at radius 3 is 2.68 bits per heavy atom. The van der Waals surface area contributed by atoms with Crippen molar-refractivity contribution in [2.75, 3.05) is 26.2 Å². The van der Waals surface area contributed by atoms with Gasteiger partial charge >= 0.3 is 6.09 Å². The second-order valence-corrected chi connectivity index (χ2v) is 9.31. The highest BCUT2D eigenvalue weighted by molar-refractivity contribution is 5.68. The minimum Gasteiger partial charge on any atom is -0.450 e. The third kappa shape index (κ3) is 3.94. The molecule has 1 saturated carbocycles. The SMILES string of the molecule is CCOC(=O)N[C@@H]1CC2(CCN(C[C@@H](C)C3CCCC3)CC2)c2ccccc21. The van der Waals surface area contributed by atoms with E-state index >= 15 is 0 Å². The minimum atomic E-state index is -0.290. The third-order valence-corrected chi connectivity index (χ3v) is 7.63. The Hall–Kier alpha value is -1.55. The maximum absolute atomic E-state index is 12.0. The number of amides is 1. The van der Waals surface area contributed by atoms with Crippen LogP contribution in [0.1, 0.15) is 76.0 Å². The number of likely N-dealkylation sites (tertiary alicyclic amines) is 1. The highest BCUT2D eigenvalue weighted by Gasteiger charge is 2.46. The molecular weight excluding hydrogens is 348 g/mol. The van der Waals surface area contributed by atoms with Gasteiger partial charge in [0.1, 0.15) is 0 Å². The van der Waals surface area contributed by atoms with E-state index in [0.717, 1.165) is 18.3 Å². The van der Waals surface area contributed by atoms with Crippen molar-refractivity contribution in [3.63, 3.8) is 0 Å². The first-order valence-corrected chi connectivity index (χ1v) is 11.4. The van der Waals surface area contributed by atoms with Crippen LogP contribution < -0.4 is 5.32 Å². The first kappa shape index (κ1) is 19.8. The van der Waals surface area contributed by atoms with Gasteiger partial charge < -0.3 is 15.0 Å². The summed E-state index contributed by atoms with van der Waals surface area (Å²) in [7, 11) is 0. The third-order valence-electron chi connectivity index (χ3n) is 7.63. The Bertz CT molecular complexity index is 675. The van der Waals surface area contributed by atoms with Gasteiger partial charge in [0, 0.05) is 12.0 Å². The van der Waals surface area contributed by atoms with Crippen molar-refractivity contribution in [1.29, 1.82) is 0 Å². The number of benzene rings is 1. The summed E-state index contributed by atoms with van der Waals surface area (Å²) in [6.45, 7) is 8.35. The molecule has 4 heteroatoms. The van der Waals surface area contributed by atoms with Crippen LogP contribution in [0.4, 0.5) is 4.79 Å². The van der Waals surface area contributed by atoms with Crippen molar-refractivity contribution in [1.82, 2.24) is 10.2 Å². The van der Waals surface area contributed by atoms with Crippen molar-refractivity contribution in [3.05, 3.63) is 35.4 Å². The lowest BCUT2D eigenvalue weighted by molar-refractivity contribution is 0.120. The first-order chi connectivity index (χ1) is 13.6. The lowest BCUT2D eigenvalue weighted by atomic mass is 9.73. The molecule has 1 amide bonds. The molecule has 1 aromatic rings. The van der Waals surface area contributed by atoms with Crippen LogP contribution in [0.2, 0.25) is 0 Å². The van der Waals surface area contributed by atoms with Gasteiger partial charge in [0.15, 0.2) is 0 Å². The summed E-state index contributed by atoms with van der Waals surface area (Å²) in [5.74, 6) is 1.77. The zero-order valence-electron chi connectivity index (χ0n) is 17.6. The summed E-state index contributed by atoms with van der Waals surface area (Å²) in [4.78, 5) is 14.7. The van der Waals surface area contributed by atoms with E-state index in [2.05, 4.69) is 41.4 Å². The van der Waals surface area contributed by atoms with E-state index in [9.17, 15) is 4.79 Å². The Morgan fingerprint density at radius 2 is 1.96 bits per heavy atom. The molecule has 28 heavy (non-hydrogen) atoms. The average Bonchev–Trinajstić information content (AvgIpc) is 3.33. The van der Waals surface area contributed by atoms with Crippen molar-refractivity contribution >= 4 is 6.09 Å². The van der Waals surface area contributed by atoms with Gasteiger partial charge in [0.05, 0.1) is 12.6 Å². The van der Waals surface area contributed by atoms with Gasteiger partial charge in [0.2, 0.25) is 0 Å². The number of ether oxygens (including phenoxy) is 1. The van der Waals surface area contributed by atoms with Crippen LogP contribution in [0, 0.1) is 11.8 Å². The largest absolute Gasteiger partial charge is 0.450 e. The molecule has 1 aromatic carbocycles. The monoisotopic (exact) mass is 384 g/mol. The standard InChI is InChI=1S/C24H36N2O2/c1-3-28-23(27)25-22-16-24(21-11-7-6-10-20(21)22)12-14-26(15-13-24)17-18(2)19-8-4-5-9-19/h6-7,10-11,18-19,22H,3-5,8-9,12-17H2,1-2H3,(H,25,27)/t18-,22-/m1/s1. The van der Waals surface area contributed by atoms with Crippen LogP contribution in [0.5, 0.6) is 0 Å². The lowest BCUT2D eigenvalue weighted by Crippen LogP contribution is -2.44. The molecule has 2 atom stereocenters. The van der Waals surface area contributed by atoms with Crippen molar-refractivity contribution < 1.29 is 9.53 Å². The fourth-order valence-electron chi connectivity index (χ4n) is 6.06. The molecule has 1 aliphatic heterocycles. The molecule has 1 spiro atoms. The molecule has 2 fully saturated rings. The normalized spacial score (nSPS) is 25.6. The van der Waals surface area contributed by atoms with Crippen LogP contribution in [0.25, 0.3) is 0 Å². The molecule has 1 saturated heterocycles. The van der Waals surface area contributed by atoms with E-state index in [1.54, 1.807) is 0 Å². The van der Waals surface area contributed by atoms with E-state index in [0.29, 0.717) is 6.61 Å². The molecule has 4 rings (SSSR count). The van der Waals surface area contributed by atoms with Crippen LogP contribution in [-0.2, 0) is 10.2 Å². The highest BCUT2D eigenvalue weighted by Crippen LogP contribution is 2.50. The predicted molar refractivity (Wildman–Crippen MR) is 112 cm³/mol. The van der Waals surface area contributed by atoms with E-state index in [1.165, 1.54) is 69.3 Å². The topological polar surface area (TPSA) is 41.6 Å². The number of nitrogens with one attached hydrogen (secondary N) is 1. The average molecular weight is 385 g/mol. The maximum Gasteiger partial charge on any atom is 0.407 e. The Balaban J connectivity index is 1.40. The second kappa shape index (κ2) is 8.44. The smallest absolute Gasteiger partial charge is 0.407 e. The zero-order chi connectivity index (χ0) is 19.6. The molecule has 154 valence electrons. The van der Waals surface area contributed by atoms with Gasteiger partial charge in [-0.2, -0.15) is 0 Å². The van der Waals surface area contributed by atoms with Gasteiger partial charge in [-0.05, 0) is 62.2 Å². The number of fused-ring (bicyclic) bond motifs is 2. The number of nitrogens with zero attached hydrogens (tertiary/aromatic N) is 1. The van der Waals surface area contributed by atoms with E-state index in [1.807, 2.05) is 6.92 Å². The summed E-state index contributed by atoms with van der Waals surface area (Å²) in [6.07, 6.45) is 8.86. The van der Waals surface area contributed by atoms with Crippen molar-refractivity contribution in [2.24, 2.45) is 11.8 Å². The van der Waals surface area contributed by atoms with E-state index in [4.69, 9.17) is 4.74 Å². The minimum absolute atomic E-state index is 0.0826. The summed E-state index contributed by atoms with van der Waals surface area (Å²) in [5, 5.41) is 3.11. The molecule has 0 aromatic heterocycles. The highest BCUT2D eigenvalue weighted by atomic mass is 16.5. The molecule has 2 aliphatic carbocycles. The van der Waals surface area contributed by atoms with Gasteiger partial charge in [-0.25, -0.2) is 4.79 Å². The molecule has 1 heterocycles. The number of carbonyl (C=O) groups is 1.